The first-order valence-corrected chi connectivity index (χ1v) is 8.93. The van der Waals surface area contributed by atoms with Gasteiger partial charge >= 0.3 is 11.9 Å². The fourth-order valence-electron chi connectivity index (χ4n) is 2.31. The molecule has 0 N–H and O–H groups in total. The Morgan fingerprint density at radius 1 is 0.759 bits per heavy atom. The highest BCUT2D eigenvalue weighted by Gasteiger charge is 2.03. The van der Waals surface area contributed by atoms with Crippen LogP contribution in [-0.2, 0) is 14.3 Å². The highest BCUT2D eigenvalue weighted by atomic mass is 16.6. The number of rotatable bonds is 7. The van der Waals surface area contributed by atoms with E-state index in [4.69, 9.17) is 14.2 Å². The van der Waals surface area contributed by atoms with Crippen molar-refractivity contribution in [1.29, 1.82) is 0 Å². The summed E-state index contributed by atoms with van der Waals surface area (Å²) in [5.74, 6) is 0.466. The molecular weight excluding hydrogens is 368 g/mol. The molecule has 0 aliphatic heterocycles. The molecule has 0 bridgehead atoms. The number of carbonyl (C=O) groups excluding carboxylic acids is 2. The van der Waals surface area contributed by atoms with Crippen molar-refractivity contribution < 1.29 is 23.8 Å². The van der Waals surface area contributed by atoms with E-state index < -0.39 is 11.9 Å². The molecule has 0 unspecified atom stereocenters. The van der Waals surface area contributed by atoms with Crippen molar-refractivity contribution in [2.75, 3.05) is 13.2 Å². The van der Waals surface area contributed by atoms with Crippen molar-refractivity contribution in [3.8, 4) is 11.5 Å². The van der Waals surface area contributed by atoms with E-state index >= 15 is 0 Å². The monoisotopic (exact) mass is 390 g/mol. The van der Waals surface area contributed by atoms with Gasteiger partial charge in [-0.3, -0.25) is 0 Å². The molecule has 5 nitrogen and oxygen atoms in total. The minimum atomic E-state index is -0.439. The zero-order chi connectivity index (χ0) is 20.9. The molecule has 0 spiro atoms. The second-order valence-corrected chi connectivity index (χ2v) is 5.64. The van der Waals surface area contributed by atoms with Crippen LogP contribution in [0.4, 0.5) is 0 Å². The van der Waals surface area contributed by atoms with Gasteiger partial charge in [-0.05, 0) is 23.6 Å². The normalized spacial score (nSPS) is 9.52. The van der Waals surface area contributed by atoms with Gasteiger partial charge in [0.25, 0.3) is 0 Å². The molecule has 0 aliphatic carbocycles. The second kappa shape index (κ2) is 11.8. The first-order chi connectivity index (χ1) is 14.1. The Morgan fingerprint density at radius 3 is 2.14 bits per heavy atom. The number of esters is 2. The molecular formula is C24H22O5. The van der Waals surface area contributed by atoms with Gasteiger partial charge in [0.2, 0.25) is 0 Å². The van der Waals surface area contributed by atoms with Gasteiger partial charge in [0, 0.05) is 17.5 Å². The van der Waals surface area contributed by atoms with E-state index in [0.717, 1.165) is 28.7 Å². The third kappa shape index (κ3) is 7.34. The highest BCUT2D eigenvalue weighted by Crippen LogP contribution is 2.25. The third-order valence-corrected chi connectivity index (χ3v) is 3.63. The van der Waals surface area contributed by atoms with Crippen molar-refractivity contribution in [3.05, 3.63) is 98.1 Å². The Balaban J connectivity index is 0.000000208. The number of hydrogen-bond donors (Lipinski definition) is 0. The zero-order valence-corrected chi connectivity index (χ0v) is 16.0. The molecule has 0 aliphatic rings. The van der Waals surface area contributed by atoms with Gasteiger partial charge < -0.3 is 14.2 Å². The van der Waals surface area contributed by atoms with E-state index in [-0.39, 0.29) is 6.61 Å². The highest BCUT2D eigenvalue weighted by molar-refractivity contribution is 5.92. The fourth-order valence-corrected chi connectivity index (χ4v) is 2.31. The summed E-state index contributed by atoms with van der Waals surface area (Å²) >= 11 is 0. The number of ether oxygens (including phenoxy) is 3. The van der Waals surface area contributed by atoms with E-state index in [1.54, 1.807) is 6.07 Å². The van der Waals surface area contributed by atoms with Gasteiger partial charge in [-0.15, -0.1) is 0 Å². The molecule has 0 amide bonds. The van der Waals surface area contributed by atoms with Crippen molar-refractivity contribution >= 4 is 22.7 Å². The lowest BCUT2D eigenvalue weighted by Crippen LogP contribution is -2.09. The minimum absolute atomic E-state index is 0.236. The second-order valence-electron chi connectivity index (χ2n) is 5.64. The smallest absolute Gasteiger partial charge is 0.335 e. The van der Waals surface area contributed by atoms with Gasteiger partial charge in [0.15, 0.2) is 0 Å². The summed E-state index contributed by atoms with van der Waals surface area (Å²) in [5, 5.41) is 1.97. The van der Waals surface area contributed by atoms with Crippen molar-refractivity contribution in [2.24, 2.45) is 0 Å². The van der Waals surface area contributed by atoms with Gasteiger partial charge in [-0.2, -0.15) is 0 Å². The molecule has 29 heavy (non-hydrogen) atoms. The number of hydrogen-bond acceptors (Lipinski definition) is 5. The Kier molecular flexibility index (Phi) is 8.70. The van der Waals surface area contributed by atoms with Crippen LogP contribution in [0.3, 0.4) is 0 Å². The molecule has 0 heterocycles. The molecule has 3 aromatic rings. The Labute approximate surface area is 169 Å². The van der Waals surface area contributed by atoms with Gasteiger partial charge in [-0.25, -0.2) is 9.59 Å². The van der Waals surface area contributed by atoms with Crippen LogP contribution in [0.2, 0.25) is 0 Å². The Morgan fingerprint density at radius 2 is 1.41 bits per heavy atom. The molecule has 0 radical (unpaired) electrons. The summed E-state index contributed by atoms with van der Waals surface area (Å²) in [4.78, 5) is 21.7. The lowest BCUT2D eigenvalue weighted by atomic mass is 10.1. The van der Waals surface area contributed by atoms with E-state index in [2.05, 4.69) is 13.2 Å². The van der Waals surface area contributed by atoms with Crippen LogP contribution in [0.5, 0.6) is 11.5 Å². The molecule has 0 fully saturated rings. The van der Waals surface area contributed by atoms with E-state index in [1.807, 2.05) is 66.7 Å². The van der Waals surface area contributed by atoms with Crippen LogP contribution in [0.25, 0.3) is 10.8 Å². The number of fused-ring (bicyclic) bond motifs is 1. The van der Waals surface area contributed by atoms with Crippen LogP contribution in [0.1, 0.15) is 0 Å². The van der Waals surface area contributed by atoms with Crippen molar-refractivity contribution in [3.63, 3.8) is 0 Å². The summed E-state index contributed by atoms with van der Waals surface area (Å²) in [7, 11) is 0. The Hall–Kier alpha value is -3.86. The quantitative estimate of drug-likeness (QED) is 0.253. The first kappa shape index (κ1) is 21.4. The third-order valence-electron chi connectivity index (χ3n) is 3.63. The van der Waals surface area contributed by atoms with Crippen LogP contribution in [0.15, 0.2) is 98.1 Å². The molecule has 0 aromatic heterocycles. The number of para-hydroxylation sites is 1. The summed E-state index contributed by atoms with van der Waals surface area (Å²) < 4.78 is 15.1. The molecule has 0 saturated heterocycles. The SMILES string of the molecule is C=CC(=O)OCCOc1ccccc1.C=CC(=O)Oc1cccc2ccccc12. The first-order valence-electron chi connectivity index (χ1n) is 8.93. The average molecular weight is 390 g/mol. The zero-order valence-electron chi connectivity index (χ0n) is 16.0. The summed E-state index contributed by atoms with van der Waals surface area (Å²) in [6.07, 6.45) is 2.28. The molecule has 148 valence electrons. The van der Waals surface area contributed by atoms with Gasteiger partial charge in [-0.1, -0.05) is 67.8 Å². The van der Waals surface area contributed by atoms with E-state index in [0.29, 0.717) is 12.4 Å². The van der Waals surface area contributed by atoms with Crippen LogP contribution >= 0.6 is 0 Å². The van der Waals surface area contributed by atoms with Gasteiger partial charge in [0.1, 0.15) is 24.7 Å². The molecule has 3 rings (SSSR count). The summed E-state index contributed by atoms with van der Waals surface area (Å²) in [6.45, 7) is 7.23. The molecule has 0 saturated carbocycles. The van der Waals surface area contributed by atoms with Gasteiger partial charge in [0.05, 0.1) is 0 Å². The van der Waals surface area contributed by atoms with Crippen molar-refractivity contribution in [1.82, 2.24) is 0 Å². The average Bonchev–Trinajstić information content (AvgIpc) is 2.78. The van der Waals surface area contributed by atoms with Crippen LogP contribution in [-0.4, -0.2) is 25.2 Å². The fraction of sp³-hybridized carbons (Fsp3) is 0.0833. The lowest BCUT2D eigenvalue weighted by molar-refractivity contribution is -0.138. The number of benzene rings is 3. The summed E-state index contributed by atoms with van der Waals surface area (Å²) in [6, 6.07) is 22.7. The maximum atomic E-state index is 11.1. The van der Waals surface area contributed by atoms with Crippen LogP contribution in [0, 0.1) is 0 Å². The molecule has 5 heteroatoms. The van der Waals surface area contributed by atoms with Crippen molar-refractivity contribution in [2.45, 2.75) is 0 Å². The molecule has 3 aromatic carbocycles. The lowest BCUT2D eigenvalue weighted by Gasteiger charge is -2.05. The summed E-state index contributed by atoms with van der Waals surface area (Å²) in [5.41, 5.74) is 0. The Bertz CT molecular complexity index is 958. The predicted molar refractivity (Wildman–Crippen MR) is 113 cm³/mol. The van der Waals surface area contributed by atoms with E-state index in [9.17, 15) is 9.59 Å². The van der Waals surface area contributed by atoms with E-state index in [1.165, 1.54) is 0 Å². The maximum Gasteiger partial charge on any atom is 0.335 e. The standard InChI is InChI=1S/C13H10O2.C11H12O3/c1-2-13(14)15-12-9-5-7-10-6-3-4-8-11(10)12;1-2-11(12)14-9-8-13-10-6-4-3-5-7-10/h2-9H,1H2;2-7H,1,8-9H2. The largest absolute Gasteiger partial charge is 0.490 e. The molecule has 0 atom stereocenters. The maximum absolute atomic E-state index is 11.1. The van der Waals surface area contributed by atoms with Crippen LogP contribution < -0.4 is 9.47 Å². The topological polar surface area (TPSA) is 61.8 Å². The number of carbonyl (C=O) groups is 2. The minimum Gasteiger partial charge on any atom is -0.490 e. The predicted octanol–water partition coefficient (Wildman–Crippen LogP) is 4.73.